The number of rotatable bonds is 6. The van der Waals surface area contributed by atoms with Crippen LogP contribution < -0.4 is 0 Å². The van der Waals surface area contributed by atoms with Gasteiger partial charge in [0.2, 0.25) is 10.0 Å². The molecule has 0 aliphatic rings. The fourth-order valence-electron chi connectivity index (χ4n) is 1.43. The maximum atomic E-state index is 12.1. The third kappa shape index (κ3) is 3.87. The van der Waals surface area contributed by atoms with Crippen molar-refractivity contribution in [2.24, 2.45) is 0 Å². The molecule has 0 spiro atoms. The maximum Gasteiger partial charge on any atom is 0.304 e. The molecule has 6 nitrogen and oxygen atoms in total. The topological polar surface area (TPSA) is 91.8 Å². The summed E-state index contributed by atoms with van der Waals surface area (Å²) in [6.45, 7) is 1.22. The van der Waals surface area contributed by atoms with Crippen molar-refractivity contribution in [3.8, 4) is 0 Å². The van der Waals surface area contributed by atoms with Crippen LogP contribution in [0.4, 0.5) is 0 Å². The molecule has 7 heteroatoms. The largest absolute Gasteiger partial charge is 0.481 e. The summed E-state index contributed by atoms with van der Waals surface area (Å²) in [6.07, 6.45) is -0.276. The standard InChI is InChI=1S/C12H15NO5S/c1-9(14)10-4-3-5-11(8-10)19(17,18)13(2)7-6-12(15)16/h3-5,8H,6-7H2,1-2H3,(H,15,16). The highest BCUT2D eigenvalue weighted by Gasteiger charge is 2.21. The first-order chi connectivity index (χ1) is 8.75. The molecule has 0 atom stereocenters. The highest BCUT2D eigenvalue weighted by Crippen LogP contribution is 2.16. The van der Waals surface area contributed by atoms with Gasteiger partial charge in [0.15, 0.2) is 5.78 Å². The van der Waals surface area contributed by atoms with E-state index >= 15 is 0 Å². The van der Waals surface area contributed by atoms with Gasteiger partial charge in [-0.1, -0.05) is 12.1 Å². The third-order valence-corrected chi connectivity index (χ3v) is 4.44. The summed E-state index contributed by atoms with van der Waals surface area (Å²) in [4.78, 5) is 21.6. The first-order valence-corrected chi connectivity index (χ1v) is 6.98. The molecule has 1 rings (SSSR count). The van der Waals surface area contributed by atoms with Gasteiger partial charge in [-0.3, -0.25) is 9.59 Å². The number of Topliss-reactive ketones (excluding diaryl/α,β-unsaturated/α-hetero) is 1. The average molecular weight is 285 g/mol. The van der Waals surface area contributed by atoms with E-state index in [4.69, 9.17) is 5.11 Å². The lowest BCUT2D eigenvalue weighted by Gasteiger charge is -2.16. The Morgan fingerprint density at radius 1 is 1.32 bits per heavy atom. The summed E-state index contributed by atoms with van der Waals surface area (Å²) in [5, 5.41) is 8.55. The van der Waals surface area contributed by atoms with Gasteiger partial charge in [-0.05, 0) is 19.1 Å². The van der Waals surface area contributed by atoms with E-state index in [9.17, 15) is 18.0 Å². The van der Waals surface area contributed by atoms with Crippen molar-refractivity contribution in [2.45, 2.75) is 18.2 Å². The van der Waals surface area contributed by atoms with Gasteiger partial charge in [0.1, 0.15) is 0 Å². The molecule has 19 heavy (non-hydrogen) atoms. The summed E-state index contributed by atoms with van der Waals surface area (Å²) in [5.74, 6) is -1.30. The SMILES string of the molecule is CC(=O)c1cccc(S(=O)(=O)N(C)CCC(=O)O)c1. The van der Waals surface area contributed by atoms with Gasteiger partial charge < -0.3 is 5.11 Å². The zero-order chi connectivity index (χ0) is 14.6. The Hall–Kier alpha value is -1.73. The number of carbonyl (C=O) groups excluding carboxylic acids is 1. The molecule has 1 aromatic carbocycles. The van der Waals surface area contributed by atoms with Gasteiger partial charge >= 0.3 is 5.97 Å². The molecule has 0 fully saturated rings. The predicted molar refractivity (Wildman–Crippen MR) is 68.5 cm³/mol. The Kier molecular flexibility index (Phi) is 4.79. The Morgan fingerprint density at radius 2 is 1.95 bits per heavy atom. The van der Waals surface area contributed by atoms with Crippen LogP contribution in [0.5, 0.6) is 0 Å². The molecule has 0 radical (unpaired) electrons. The van der Waals surface area contributed by atoms with Crippen LogP contribution in [-0.4, -0.2) is 43.2 Å². The Bertz CT molecular complexity index is 594. The van der Waals surface area contributed by atoms with Crippen LogP contribution >= 0.6 is 0 Å². The van der Waals surface area contributed by atoms with Gasteiger partial charge in [-0.25, -0.2) is 12.7 Å². The summed E-state index contributed by atoms with van der Waals surface area (Å²) in [5.41, 5.74) is 0.299. The van der Waals surface area contributed by atoms with Crippen LogP contribution in [0.15, 0.2) is 29.2 Å². The first kappa shape index (κ1) is 15.3. The van der Waals surface area contributed by atoms with Crippen LogP contribution in [0, 0.1) is 0 Å². The number of benzene rings is 1. The van der Waals surface area contributed by atoms with Gasteiger partial charge in [-0.15, -0.1) is 0 Å². The van der Waals surface area contributed by atoms with Crippen molar-refractivity contribution in [2.75, 3.05) is 13.6 Å². The molecule has 0 saturated carbocycles. The Balaban J connectivity index is 3.02. The molecular weight excluding hydrogens is 270 g/mol. The maximum absolute atomic E-state index is 12.1. The van der Waals surface area contributed by atoms with Crippen molar-refractivity contribution in [3.05, 3.63) is 29.8 Å². The van der Waals surface area contributed by atoms with E-state index in [2.05, 4.69) is 0 Å². The number of carboxylic acids is 1. The molecule has 1 aromatic rings. The van der Waals surface area contributed by atoms with Crippen LogP contribution in [0.25, 0.3) is 0 Å². The minimum Gasteiger partial charge on any atom is -0.481 e. The first-order valence-electron chi connectivity index (χ1n) is 5.54. The number of ketones is 1. The second-order valence-electron chi connectivity index (χ2n) is 4.05. The van der Waals surface area contributed by atoms with E-state index in [0.717, 1.165) is 4.31 Å². The molecule has 0 aromatic heterocycles. The van der Waals surface area contributed by atoms with Crippen LogP contribution in [0.2, 0.25) is 0 Å². The summed E-state index contributed by atoms with van der Waals surface area (Å²) < 4.78 is 25.2. The Morgan fingerprint density at radius 3 is 2.47 bits per heavy atom. The van der Waals surface area contributed by atoms with Crippen molar-refractivity contribution >= 4 is 21.8 Å². The van der Waals surface area contributed by atoms with E-state index in [0.29, 0.717) is 5.56 Å². The van der Waals surface area contributed by atoms with Gasteiger partial charge in [0.25, 0.3) is 0 Å². The molecule has 0 bridgehead atoms. The van der Waals surface area contributed by atoms with Gasteiger partial charge in [0, 0.05) is 19.2 Å². The summed E-state index contributed by atoms with van der Waals surface area (Å²) >= 11 is 0. The monoisotopic (exact) mass is 285 g/mol. The number of hydrogen-bond donors (Lipinski definition) is 1. The van der Waals surface area contributed by atoms with Crippen molar-refractivity contribution < 1.29 is 23.1 Å². The molecule has 0 aliphatic carbocycles. The molecule has 0 heterocycles. The number of hydrogen-bond acceptors (Lipinski definition) is 4. The van der Waals surface area contributed by atoms with Crippen molar-refractivity contribution in [1.82, 2.24) is 4.31 Å². The second kappa shape index (κ2) is 5.94. The second-order valence-corrected chi connectivity index (χ2v) is 6.10. The van der Waals surface area contributed by atoms with E-state index < -0.39 is 16.0 Å². The van der Waals surface area contributed by atoms with E-state index in [1.807, 2.05) is 0 Å². The molecular formula is C12H15NO5S. The van der Waals surface area contributed by atoms with Gasteiger partial charge in [0.05, 0.1) is 11.3 Å². The van der Waals surface area contributed by atoms with Crippen LogP contribution in [-0.2, 0) is 14.8 Å². The van der Waals surface area contributed by atoms with Gasteiger partial charge in [-0.2, -0.15) is 0 Å². The number of carboxylic acid groups (broad SMARTS) is 1. The normalized spacial score (nSPS) is 11.5. The molecule has 0 aliphatic heterocycles. The number of nitrogens with zero attached hydrogens (tertiary/aromatic N) is 1. The lowest BCUT2D eigenvalue weighted by atomic mass is 10.2. The summed E-state index contributed by atoms with van der Waals surface area (Å²) in [6, 6.07) is 5.67. The highest BCUT2D eigenvalue weighted by atomic mass is 32.2. The zero-order valence-electron chi connectivity index (χ0n) is 10.7. The fraction of sp³-hybridized carbons (Fsp3) is 0.333. The molecule has 1 N–H and O–H groups in total. The number of aliphatic carboxylic acids is 1. The lowest BCUT2D eigenvalue weighted by molar-refractivity contribution is -0.137. The minimum absolute atomic E-state index is 0.0203. The fourth-order valence-corrected chi connectivity index (χ4v) is 2.65. The summed E-state index contributed by atoms with van der Waals surface area (Å²) in [7, 11) is -2.47. The smallest absolute Gasteiger partial charge is 0.304 e. The van der Waals surface area contributed by atoms with Crippen LogP contribution in [0.1, 0.15) is 23.7 Å². The van der Waals surface area contributed by atoms with E-state index in [1.54, 1.807) is 0 Å². The quantitative estimate of drug-likeness (QED) is 0.787. The average Bonchev–Trinajstić information content (AvgIpc) is 2.35. The molecule has 0 unspecified atom stereocenters. The highest BCUT2D eigenvalue weighted by molar-refractivity contribution is 7.89. The lowest BCUT2D eigenvalue weighted by Crippen LogP contribution is -2.29. The molecule has 0 amide bonds. The van der Waals surface area contributed by atoms with E-state index in [1.165, 1.54) is 38.2 Å². The predicted octanol–water partition coefficient (Wildman–Crippen LogP) is 0.984. The Labute approximate surface area is 111 Å². The number of carbonyl (C=O) groups is 2. The van der Waals surface area contributed by atoms with E-state index in [-0.39, 0.29) is 23.6 Å². The molecule has 104 valence electrons. The zero-order valence-corrected chi connectivity index (χ0v) is 11.5. The molecule has 0 saturated heterocycles. The minimum atomic E-state index is -3.77. The third-order valence-electron chi connectivity index (χ3n) is 2.59. The van der Waals surface area contributed by atoms with Crippen LogP contribution in [0.3, 0.4) is 0 Å². The van der Waals surface area contributed by atoms with Crippen molar-refractivity contribution in [3.63, 3.8) is 0 Å². The number of sulfonamides is 1. The van der Waals surface area contributed by atoms with Crippen molar-refractivity contribution in [1.29, 1.82) is 0 Å².